The number of nitro benzene ring substituents is 1. The van der Waals surface area contributed by atoms with Crippen molar-refractivity contribution < 1.29 is 19.3 Å². The molecule has 0 aromatic heterocycles. The van der Waals surface area contributed by atoms with Crippen LogP contribution in [0.2, 0.25) is 5.02 Å². The Balaban J connectivity index is 1.85. The molecule has 0 fully saturated rings. The highest BCUT2D eigenvalue weighted by atomic mass is 35.5. The van der Waals surface area contributed by atoms with E-state index in [1.165, 1.54) is 31.5 Å². The number of nitrogens with zero attached hydrogens (tertiary/aromatic N) is 2. The standard InChI is InChI=1S/C16H14ClN3O5/c1-24-15-6-5-12(8-14(15)17)19-16(21)10-25-18-9-11-3-2-4-13(7-11)20(22)23/h2-9H,10H2,1H3,(H,19,21)/b18-9-. The fraction of sp³-hybridized carbons (Fsp3) is 0.125. The Morgan fingerprint density at radius 2 is 2.16 bits per heavy atom. The van der Waals surface area contributed by atoms with Crippen LogP contribution in [0.25, 0.3) is 0 Å². The summed E-state index contributed by atoms with van der Waals surface area (Å²) in [6.45, 7) is -0.324. The van der Waals surface area contributed by atoms with Crippen LogP contribution in [-0.4, -0.2) is 30.8 Å². The minimum absolute atomic E-state index is 0.0573. The van der Waals surface area contributed by atoms with E-state index >= 15 is 0 Å². The zero-order chi connectivity index (χ0) is 18.2. The van der Waals surface area contributed by atoms with Crippen LogP contribution >= 0.6 is 11.6 Å². The van der Waals surface area contributed by atoms with Gasteiger partial charge in [0.25, 0.3) is 11.6 Å². The van der Waals surface area contributed by atoms with Crippen molar-refractivity contribution >= 4 is 35.1 Å². The highest BCUT2D eigenvalue weighted by Crippen LogP contribution is 2.27. The number of anilines is 1. The summed E-state index contributed by atoms with van der Waals surface area (Å²) in [7, 11) is 1.49. The van der Waals surface area contributed by atoms with Crippen molar-refractivity contribution in [2.24, 2.45) is 5.16 Å². The summed E-state index contributed by atoms with van der Waals surface area (Å²) in [5.41, 5.74) is 0.914. The Labute approximate surface area is 148 Å². The molecule has 25 heavy (non-hydrogen) atoms. The predicted molar refractivity (Wildman–Crippen MR) is 93.3 cm³/mol. The van der Waals surface area contributed by atoms with Gasteiger partial charge in [0, 0.05) is 23.4 Å². The van der Waals surface area contributed by atoms with E-state index in [0.717, 1.165) is 0 Å². The molecule has 0 radical (unpaired) electrons. The van der Waals surface area contributed by atoms with Gasteiger partial charge in [0.15, 0.2) is 6.61 Å². The first-order chi connectivity index (χ1) is 12.0. The minimum Gasteiger partial charge on any atom is -0.495 e. The first-order valence-electron chi connectivity index (χ1n) is 7.03. The molecule has 0 aliphatic heterocycles. The molecule has 130 valence electrons. The molecule has 0 saturated carbocycles. The van der Waals surface area contributed by atoms with Gasteiger partial charge in [0.05, 0.1) is 23.3 Å². The summed E-state index contributed by atoms with van der Waals surface area (Å²) >= 11 is 5.96. The van der Waals surface area contributed by atoms with Crippen LogP contribution in [0.1, 0.15) is 5.56 Å². The summed E-state index contributed by atoms with van der Waals surface area (Å²) in [5, 5.41) is 17.2. The number of carbonyl (C=O) groups excluding carboxylic acids is 1. The average Bonchev–Trinajstić information content (AvgIpc) is 2.59. The van der Waals surface area contributed by atoms with Gasteiger partial charge in [-0.2, -0.15) is 0 Å². The highest BCUT2D eigenvalue weighted by molar-refractivity contribution is 6.32. The normalized spacial score (nSPS) is 10.5. The lowest BCUT2D eigenvalue weighted by molar-refractivity contribution is -0.384. The van der Waals surface area contributed by atoms with E-state index < -0.39 is 10.8 Å². The second kappa shape index (κ2) is 8.65. The Bertz CT molecular complexity index is 810. The van der Waals surface area contributed by atoms with Crippen LogP contribution in [0.5, 0.6) is 5.75 Å². The number of non-ortho nitro benzene ring substituents is 1. The van der Waals surface area contributed by atoms with E-state index in [1.54, 1.807) is 24.3 Å². The number of oxime groups is 1. The molecule has 0 spiro atoms. The van der Waals surface area contributed by atoms with Crippen molar-refractivity contribution in [3.05, 3.63) is 63.2 Å². The Morgan fingerprint density at radius 1 is 1.36 bits per heavy atom. The third-order valence-corrected chi connectivity index (χ3v) is 3.28. The van der Waals surface area contributed by atoms with Crippen molar-refractivity contribution in [1.82, 2.24) is 0 Å². The van der Waals surface area contributed by atoms with Crippen molar-refractivity contribution in [2.45, 2.75) is 0 Å². The molecule has 2 rings (SSSR count). The zero-order valence-electron chi connectivity index (χ0n) is 13.1. The van der Waals surface area contributed by atoms with Crippen LogP contribution in [0.4, 0.5) is 11.4 Å². The van der Waals surface area contributed by atoms with Gasteiger partial charge in [-0.15, -0.1) is 0 Å². The number of hydrogen-bond acceptors (Lipinski definition) is 6. The lowest BCUT2D eigenvalue weighted by Crippen LogP contribution is -2.16. The molecule has 0 atom stereocenters. The number of rotatable bonds is 7. The van der Waals surface area contributed by atoms with E-state index in [0.29, 0.717) is 22.0 Å². The molecule has 0 heterocycles. The largest absolute Gasteiger partial charge is 0.495 e. The van der Waals surface area contributed by atoms with Crippen LogP contribution in [0.3, 0.4) is 0 Å². The number of carbonyl (C=O) groups is 1. The van der Waals surface area contributed by atoms with Gasteiger partial charge in [-0.25, -0.2) is 0 Å². The fourth-order valence-corrected chi connectivity index (χ4v) is 2.11. The van der Waals surface area contributed by atoms with E-state index in [1.807, 2.05) is 0 Å². The molecule has 0 aliphatic carbocycles. The quantitative estimate of drug-likeness (QED) is 0.462. The van der Waals surface area contributed by atoms with Crippen molar-refractivity contribution in [2.75, 3.05) is 19.0 Å². The Hall–Kier alpha value is -3.13. The van der Waals surface area contributed by atoms with Crippen LogP contribution in [-0.2, 0) is 9.63 Å². The summed E-state index contributed by atoms with van der Waals surface area (Å²) in [5.74, 6) is 0.0647. The highest BCUT2D eigenvalue weighted by Gasteiger charge is 2.07. The first kappa shape index (κ1) is 18.2. The van der Waals surface area contributed by atoms with Gasteiger partial charge in [-0.3, -0.25) is 14.9 Å². The van der Waals surface area contributed by atoms with Gasteiger partial charge in [0.2, 0.25) is 0 Å². The van der Waals surface area contributed by atoms with Gasteiger partial charge in [-0.05, 0) is 18.2 Å². The van der Waals surface area contributed by atoms with Crippen LogP contribution in [0.15, 0.2) is 47.6 Å². The fourth-order valence-electron chi connectivity index (χ4n) is 1.85. The van der Waals surface area contributed by atoms with Gasteiger partial charge >= 0.3 is 0 Å². The number of benzene rings is 2. The van der Waals surface area contributed by atoms with Gasteiger partial charge in [0.1, 0.15) is 5.75 Å². The summed E-state index contributed by atoms with van der Waals surface area (Å²) < 4.78 is 5.02. The maximum atomic E-state index is 11.8. The Kier molecular flexibility index (Phi) is 6.30. The van der Waals surface area contributed by atoms with E-state index in [-0.39, 0.29) is 12.3 Å². The maximum Gasteiger partial charge on any atom is 0.270 e. The Morgan fingerprint density at radius 3 is 2.84 bits per heavy atom. The molecular weight excluding hydrogens is 350 g/mol. The average molecular weight is 364 g/mol. The van der Waals surface area contributed by atoms with Crippen LogP contribution in [0, 0.1) is 10.1 Å². The molecule has 1 N–H and O–H groups in total. The first-order valence-corrected chi connectivity index (χ1v) is 7.40. The molecule has 8 nitrogen and oxygen atoms in total. The predicted octanol–water partition coefficient (Wildman–Crippen LogP) is 3.25. The molecule has 0 aliphatic rings. The van der Waals surface area contributed by atoms with Gasteiger partial charge in [-0.1, -0.05) is 28.9 Å². The number of nitro groups is 1. The number of methoxy groups -OCH3 is 1. The monoisotopic (exact) mass is 363 g/mol. The lowest BCUT2D eigenvalue weighted by atomic mass is 10.2. The third kappa shape index (κ3) is 5.47. The molecule has 0 saturated heterocycles. The molecule has 2 aromatic rings. The SMILES string of the molecule is COc1ccc(NC(=O)CO/N=C\c2cccc([N+](=O)[O-])c2)cc1Cl. The second-order valence-corrected chi connectivity index (χ2v) is 5.16. The van der Waals surface area contributed by atoms with Crippen molar-refractivity contribution in [3.63, 3.8) is 0 Å². The molecular formula is C16H14ClN3O5. The number of hydrogen-bond donors (Lipinski definition) is 1. The molecule has 0 bridgehead atoms. The van der Waals surface area contributed by atoms with Crippen molar-refractivity contribution in [1.29, 1.82) is 0 Å². The molecule has 0 unspecified atom stereocenters. The number of ether oxygens (including phenoxy) is 1. The third-order valence-electron chi connectivity index (χ3n) is 2.99. The summed E-state index contributed by atoms with van der Waals surface area (Å²) in [6, 6.07) is 10.7. The molecule has 1 amide bonds. The lowest BCUT2D eigenvalue weighted by Gasteiger charge is -2.07. The van der Waals surface area contributed by atoms with Crippen LogP contribution < -0.4 is 10.1 Å². The number of amides is 1. The smallest absolute Gasteiger partial charge is 0.270 e. The van der Waals surface area contributed by atoms with E-state index in [9.17, 15) is 14.9 Å². The van der Waals surface area contributed by atoms with E-state index in [4.69, 9.17) is 21.2 Å². The topological polar surface area (TPSA) is 103 Å². The number of nitrogens with one attached hydrogen (secondary N) is 1. The summed E-state index contributed by atoms with van der Waals surface area (Å²) in [4.78, 5) is 26.8. The van der Waals surface area contributed by atoms with E-state index in [2.05, 4.69) is 10.5 Å². The summed E-state index contributed by atoms with van der Waals surface area (Å²) in [6.07, 6.45) is 1.28. The molecule has 2 aromatic carbocycles. The minimum atomic E-state index is -0.508. The number of halogens is 1. The van der Waals surface area contributed by atoms with Gasteiger partial charge < -0.3 is 14.9 Å². The zero-order valence-corrected chi connectivity index (χ0v) is 13.9. The second-order valence-electron chi connectivity index (χ2n) is 4.76. The molecule has 9 heteroatoms. The van der Waals surface area contributed by atoms with Crippen molar-refractivity contribution in [3.8, 4) is 5.75 Å². The maximum absolute atomic E-state index is 11.8.